The molecule has 1 unspecified atom stereocenters. The van der Waals surface area contributed by atoms with Gasteiger partial charge in [0.1, 0.15) is 11.9 Å². The van der Waals surface area contributed by atoms with Gasteiger partial charge in [-0.2, -0.15) is 0 Å². The average molecular weight is 379 g/mol. The van der Waals surface area contributed by atoms with Gasteiger partial charge in [0.2, 0.25) is 11.8 Å². The third-order valence-corrected chi connectivity index (χ3v) is 5.08. The van der Waals surface area contributed by atoms with Gasteiger partial charge in [-0.05, 0) is 18.6 Å². The van der Waals surface area contributed by atoms with Gasteiger partial charge in [0.25, 0.3) is 11.8 Å². The van der Waals surface area contributed by atoms with Crippen LogP contribution in [-0.4, -0.2) is 65.0 Å². The van der Waals surface area contributed by atoms with E-state index in [1.807, 2.05) is 0 Å². The number of alkyl halides is 1. The smallest absolute Gasteiger partial charge is 0.262 e. The van der Waals surface area contributed by atoms with Crippen LogP contribution in [0.1, 0.15) is 33.6 Å². The van der Waals surface area contributed by atoms with Crippen molar-refractivity contribution in [3.63, 3.8) is 0 Å². The fourth-order valence-corrected chi connectivity index (χ4v) is 3.63. The highest BCUT2D eigenvalue weighted by molar-refractivity contribution is 6.23. The monoisotopic (exact) mass is 379 g/mol. The molecule has 10 heteroatoms. The molecule has 1 atom stereocenters. The van der Waals surface area contributed by atoms with Crippen molar-refractivity contribution >= 4 is 29.3 Å². The summed E-state index contributed by atoms with van der Waals surface area (Å²) in [6.45, 7) is -1.17. The predicted octanol–water partition coefficient (Wildman–Crippen LogP) is -0.253. The van der Waals surface area contributed by atoms with Crippen molar-refractivity contribution in [1.82, 2.24) is 10.2 Å². The molecule has 0 spiro atoms. The highest BCUT2D eigenvalue weighted by Gasteiger charge is 2.47. The molecular weight excluding hydrogens is 364 g/mol. The number of carbonyl (C=O) groups excluding carboxylic acids is 4. The van der Waals surface area contributed by atoms with Crippen LogP contribution in [0.25, 0.3) is 0 Å². The predicted molar refractivity (Wildman–Crippen MR) is 86.2 cm³/mol. The molecule has 0 aromatic heterocycles. The molecule has 3 heterocycles. The second-order valence-corrected chi connectivity index (χ2v) is 6.96. The molecule has 0 radical (unpaired) electrons. The van der Waals surface area contributed by atoms with Crippen LogP contribution in [0.3, 0.4) is 0 Å². The van der Waals surface area contributed by atoms with E-state index in [0.29, 0.717) is 0 Å². The van der Waals surface area contributed by atoms with E-state index in [1.54, 1.807) is 0 Å². The molecule has 2 saturated heterocycles. The van der Waals surface area contributed by atoms with Crippen LogP contribution < -0.4 is 10.2 Å². The summed E-state index contributed by atoms with van der Waals surface area (Å²) in [6, 6.07) is 0.917. The maximum Gasteiger partial charge on any atom is 0.262 e. The van der Waals surface area contributed by atoms with Crippen LogP contribution >= 0.6 is 0 Å². The lowest BCUT2D eigenvalue weighted by Crippen LogP contribution is -2.61. The normalized spacial score (nSPS) is 24.0. The summed E-state index contributed by atoms with van der Waals surface area (Å²) in [6.07, 6.45) is -0.0184. The van der Waals surface area contributed by atoms with Gasteiger partial charge in [-0.1, -0.05) is 0 Å². The number of nitrogens with zero attached hydrogens (tertiary/aromatic N) is 2. The molecule has 1 aromatic rings. The fraction of sp³-hybridized carbons (Fsp3) is 0.412. The molecule has 2 fully saturated rings. The fourth-order valence-electron chi connectivity index (χ4n) is 3.63. The molecule has 0 saturated carbocycles. The average Bonchev–Trinajstić information content (AvgIpc) is 2.82. The van der Waals surface area contributed by atoms with Crippen LogP contribution in [0.5, 0.6) is 0 Å². The number of carbonyl (C=O) groups is 4. The van der Waals surface area contributed by atoms with Crippen molar-refractivity contribution in [3.05, 3.63) is 29.1 Å². The number of halogens is 2. The molecule has 3 aliphatic heterocycles. The minimum Gasteiger partial charge on any atom is -0.393 e. The first-order chi connectivity index (χ1) is 12.7. The van der Waals surface area contributed by atoms with Gasteiger partial charge in [0, 0.05) is 6.42 Å². The molecule has 4 rings (SSSR count). The minimum absolute atomic E-state index is 0.00152. The van der Waals surface area contributed by atoms with E-state index in [9.17, 15) is 28.0 Å². The zero-order valence-corrected chi connectivity index (χ0v) is 14.0. The summed E-state index contributed by atoms with van der Waals surface area (Å²) in [5.74, 6) is -3.62. The Bertz CT molecular complexity index is 897. The van der Waals surface area contributed by atoms with Gasteiger partial charge in [0.15, 0.2) is 5.67 Å². The first kappa shape index (κ1) is 17.5. The zero-order chi connectivity index (χ0) is 19.5. The zero-order valence-electron chi connectivity index (χ0n) is 14.0. The van der Waals surface area contributed by atoms with Crippen LogP contribution in [0, 0.1) is 5.82 Å². The van der Waals surface area contributed by atoms with Crippen LogP contribution in [-0.2, 0) is 9.59 Å². The van der Waals surface area contributed by atoms with Crippen molar-refractivity contribution in [2.24, 2.45) is 0 Å². The number of hydrogen-bond donors (Lipinski definition) is 2. The van der Waals surface area contributed by atoms with Crippen LogP contribution in [0.4, 0.5) is 14.5 Å². The van der Waals surface area contributed by atoms with Gasteiger partial charge in [-0.15, -0.1) is 0 Å². The first-order valence-corrected chi connectivity index (χ1v) is 8.34. The van der Waals surface area contributed by atoms with Crippen molar-refractivity contribution < 1.29 is 33.1 Å². The Labute approximate surface area is 151 Å². The van der Waals surface area contributed by atoms with E-state index in [1.165, 1.54) is 4.90 Å². The summed E-state index contributed by atoms with van der Waals surface area (Å²) in [4.78, 5) is 50.6. The molecule has 3 aliphatic rings. The van der Waals surface area contributed by atoms with E-state index in [0.717, 1.165) is 17.0 Å². The lowest BCUT2D eigenvalue weighted by atomic mass is 9.95. The Morgan fingerprint density at radius 1 is 1.15 bits per heavy atom. The van der Waals surface area contributed by atoms with E-state index in [4.69, 9.17) is 5.11 Å². The number of anilines is 1. The van der Waals surface area contributed by atoms with Crippen molar-refractivity contribution in [2.45, 2.75) is 24.6 Å². The number of amides is 4. The van der Waals surface area contributed by atoms with Crippen molar-refractivity contribution in [2.75, 3.05) is 24.6 Å². The Hall–Kier alpha value is -2.88. The molecule has 2 N–H and O–H groups in total. The molecule has 8 nitrogen and oxygen atoms in total. The Balaban J connectivity index is 1.64. The molecular formula is C17H15F2N3O5. The number of fused-ring (bicyclic) bond motifs is 1. The molecule has 1 aromatic carbocycles. The van der Waals surface area contributed by atoms with E-state index >= 15 is 0 Å². The Morgan fingerprint density at radius 3 is 2.37 bits per heavy atom. The van der Waals surface area contributed by atoms with Gasteiger partial charge in [-0.3, -0.25) is 29.4 Å². The number of imide groups is 2. The maximum absolute atomic E-state index is 14.4. The first-order valence-electron chi connectivity index (χ1n) is 8.34. The Kier molecular flexibility index (Phi) is 3.77. The number of rotatable bonds is 3. The lowest BCUT2D eigenvalue weighted by molar-refractivity contribution is -0.136. The van der Waals surface area contributed by atoms with Gasteiger partial charge in [-0.25, -0.2) is 8.78 Å². The van der Waals surface area contributed by atoms with E-state index < -0.39 is 47.8 Å². The molecule has 142 valence electrons. The summed E-state index contributed by atoms with van der Waals surface area (Å²) in [5, 5.41) is 11.0. The van der Waals surface area contributed by atoms with E-state index in [-0.39, 0.29) is 42.7 Å². The molecule has 0 bridgehead atoms. The maximum atomic E-state index is 14.4. The topological polar surface area (TPSA) is 107 Å². The van der Waals surface area contributed by atoms with Crippen LogP contribution in [0.15, 0.2) is 12.1 Å². The molecule has 0 aliphatic carbocycles. The summed E-state index contributed by atoms with van der Waals surface area (Å²) in [5.41, 5.74) is -2.15. The highest BCUT2D eigenvalue weighted by Crippen LogP contribution is 2.36. The van der Waals surface area contributed by atoms with E-state index in [2.05, 4.69) is 5.32 Å². The summed E-state index contributed by atoms with van der Waals surface area (Å²) < 4.78 is 28.3. The quantitative estimate of drug-likeness (QED) is 0.702. The second-order valence-electron chi connectivity index (χ2n) is 6.96. The number of benzene rings is 1. The molecule has 4 amide bonds. The third-order valence-electron chi connectivity index (χ3n) is 5.08. The van der Waals surface area contributed by atoms with Gasteiger partial charge in [0.05, 0.1) is 36.5 Å². The summed E-state index contributed by atoms with van der Waals surface area (Å²) in [7, 11) is 0. The number of nitrogens with one attached hydrogen (secondary N) is 1. The standard InChI is InChI=1S/C17H15F2N3O5/c18-10-3-8-9(4-12(10)21-5-17(19,6-21)7-23)16(27)22(15(8)26)11-1-2-13(24)20-14(11)25/h3-4,11,23H,1-2,5-7H2,(H,20,24,25). The SMILES string of the molecule is O=C1CCC(N2C(=O)c3cc(F)c(N4CC(F)(CO)C4)cc3C2=O)C(=O)N1. The van der Waals surface area contributed by atoms with Gasteiger partial charge < -0.3 is 10.0 Å². The van der Waals surface area contributed by atoms with Crippen molar-refractivity contribution in [3.8, 4) is 0 Å². The van der Waals surface area contributed by atoms with Crippen LogP contribution in [0.2, 0.25) is 0 Å². The largest absolute Gasteiger partial charge is 0.393 e. The Morgan fingerprint density at radius 2 is 1.78 bits per heavy atom. The summed E-state index contributed by atoms with van der Waals surface area (Å²) >= 11 is 0. The number of piperidine rings is 1. The molecule has 27 heavy (non-hydrogen) atoms. The number of aliphatic hydroxyl groups is 1. The van der Waals surface area contributed by atoms with Gasteiger partial charge >= 0.3 is 0 Å². The number of aliphatic hydroxyl groups excluding tert-OH is 1. The second kappa shape index (κ2) is 5.81. The third kappa shape index (κ3) is 2.59. The highest BCUT2D eigenvalue weighted by atomic mass is 19.1. The lowest BCUT2D eigenvalue weighted by Gasteiger charge is -2.45. The number of hydrogen-bond acceptors (Lipinski definition) is 6. The minimum atomic E-state index is -1.83. The van der Waals surface area contributed by atoms with Crippen molar-refractivity contribution in [1.29, 1.82) is 0 Å².